The molecule has 0 radical (unpaired) electrons. The normalized spacial score (nSPS) is 22.4. The largest absolute Gasteiger partial charge is 0.386 e. The van der Waals surface area contributed by atoms with Crippen LogP contribution < -0.4 is 5.32 Å². The Morgan fingerprint density at radius 1 is 1.33 bits per heavy atom. The lowest BCUT2D eigenvalue weighted by atomic mass is 10.1. The van der Waals surface area contributed by atoms with E-state index in [1.807, 2.05) is 6.92 Å². The number of nitrogens with zero attached hydrogens (tertiary/aromatic N) is 3. The van der Waals surface area contributed by atoms with E-state index in [0.29, 0.717) is 11.6 Å². The van der Waals surface area contributed by atoms with Crippen molar-refractivity contribution in [2.24, 2.45) is 4.99 Å². The van der Waals surface area contributed by atoms with Crippen molar-refractivity contribution in [1.82, 2.24) is 15.1 Å². The Hall–Kier alpha value is -0.970. The highest BCUT2D eigenvalue weighted by molar-refractivity contribution is 14.0. The Morgan fingerprint density at radius 2 is 2.07 bits per heavy atom. The number of morpholine rings is 1. The fourth-order valence-corrected chi connectivity index (χ4v) is 3.62. The fraction of sp³-hybridized carbons (Fsp3) is 0.632. The molecule has 3 rings (SSSR count). The van der Waals surface area contributed by atoms with Gasteiger partial charge in [0.25, 0.3) is 0 Å². The molecule has 2 saturated heterocycles. The molecule has 2 unspecified atom stereocenters. The highest BCUT2D eigenvalue weighted by atomic mass is 127. The third kappa shape index (κ3) is 6.00. The molecule has 2 aliphatic rings. The summed E-state index contributed by atoms with van der Waals surface area (Å²) >= 11 is 0. The van der Waals surface area contributed by atoms with Crippen molar-refractivity contribution in [2.75, 3.05) is 52.5 Å². The number of guanidine groups is 1. The van der Waals surface area contributed by atoms with Gasteiger partial charge in [0.05, 0.1) is 19.8 Å². The van der Waals surface area contributed by atoms with Gasteiger partial charge in [-0.3, -0.25) is 9.89 Å². The van der Waals surface area contributed by atoms with Crippen LogP contribution in [-0.2, 0) is 4.74 Å². The van der Waals surface area contributed by atoms with Gasteiger partial charge in [0, 0.05) is 44.3 Å². The Balaban J connectivity index is 0.00000261. The highest BCUT2D eigenvalue weighted by Gasteiger charge is 2.30. The van der Waals surface area contributed by atoms with Gasteiger partial charge < -0.3 is 20.1 Å². The minimum atomic E-state index is -0.942. The van der Waals surface area contributed by atoms with E-state index in [2.05, 4.69) is 20.1 Å². The summed E-state index contributed by atoms with van der Waals surface area (Å²) < 4.78 is 19.3. The molecule has 0 amide bonds. The summed E-state index contributed by atoms with van der Waals surface area (Å²) in [4.78, 5) is 9.29. The number of nitrogens with one attached hydrogen (secondary N) is 1. The fourth-order valence-electron chi connectivity index (χ4n) is 3.62. The van der Waals surface area contributed by atoms with E-state index in [1.165, 1.54) is 6.07 Å². The van der Waals surface area contributed by atoms with Crippen LogP contribution in [0.4, 0.5) is 4.39 Å². The maximum atomic E-state index is 13.8. The van der Waals surface area contributed by atoms with Crippen LogP contribution in [0.15, 0.2) is 29.3 Å². The van der Waals surface area contributed by atoms with Gasteiger partial charge in [0.15, 0.2) is 5.96 Å². The molecule has 0 saturated carbocycles. The molecule has 0 aromatic heterocycles. The predicted octanol–water partition coefficient (Wildman–Crippen LogP) is 1.85. The molecule has 2 atom stereocenters. The van der Waals surface area contributed by atoms with E-state index in [4.69, 9.17) is 4.74 Å². The van der Waals surface area contributed by atoms with Crippen molar-refractivity contribution in [2.45, 2.75) is 25.5 Å². The van der Waals surface area contributed by atoms with Crippen LogP contribution in [0.25, 0.3) is 0 Å². The smallest absolute Gasteiger partial charge is 0.194 e. The second-order valence-corrected chi connectivity index (χ2v) is 6.77. The first-order chi connectivity index (χ1) is 12.7. The number of benzene rings is 1. The van der Waals surface area contributed by atoms with E-state index >= 15 is 0 Å². The van der Waals surface area contributed by atoms with Crippen LogP contribution in [-0.4, -0.2) is 79.4 Å². The van der Waals surface area contributed by atoms with Crippen LogP contribution in [0.3, 0.4) is 0 Å². The quantitative estimate of drug-likeness (QED) is 0.374. The topological polar surface area (TPSA) is 60.3 Å². The first-order valence-corrected chi connectivity index (χ1v) is 9.46. The third-order valence-electron chi connectivity index (χ3n) is 5.04. The van der Waals surface area contributed by atoms with Crippen molar-refractivity contribution in [3.8, 4) is 0 Å². The minimum absolute atomic E-state index is 0. The zero-order chi connectivity index (χ0) is 18.4. The minimum Gasteiger partial charge on any atom is -0.386 e. The Kier molecular flexibility index (Phi) is 9.20. The Morgan fingerprint density at radius 3 is 2.78 bits per heavy atom. The zero-order valence-electron chi connectivity index (χ0n) is 15.8. The van der Waals surface area contributed by atoms with E-state index in [9.17, 15) is 9.50 Å². The van der Waals surface area contributed by atoms with Crippen LogP contribution in [0.2, 0.25) is 0 Å². The van der Waals surface area contributed by atoms with E-state index in [-0.39, 0.29) is 30.5 Å². The molecule has 0 aliphatic carbocycles. The first kappa shape index (κ1) is 22.3. The van der Waals surface area contributed by atoms with Crippen molar-refractivity contribution >= 4 is 29.9 Å². The van der Waals surface area contributed by atoms with E-state index < -0.39 is 11.9 Å². The number of aliphatic hydroxyl groups is 1. The standard InChI is InChI=1S/C19H29FN4O2.HI/c1-2-21-19(22-13-18(25)16-5-3-4-6-17(16)20)24-8-7-15(14-24)23-9-11-26-12-10-23;/h3-6,15,18,25H,2,7-14H2,1H3,(H,21,22);1H. The van der Waals surface area contributed by atoms with Crippen molar-refractivity contribution in [3.63, 3.8) is 0 Å². The predicted molar refractivity (Wildman–Crippen MR) is 115 cm³/mol. The van der Waals surface area contributed by atoms with Crippen molar-refractivity contribution < 1.29 is 14.2 Å². The van der Waals surface area contributed by atoms with Gasteiger partial charge in [-0.05, 0) is 19.4 Å². The number of aliphatic imine (C=N–C) groups is 1. The van der Waals surface area contributed by atoms with Gasteiger partial charge in [0.2, 0.25) is 0 Å². The number of hydrogen-bond donors (Lipinski definition) is 2. The van der Waals surface area contributed by atoms with Gasteiger partial charge >= 0.3 is 0 Å². The molecular weight excluding hydrogens is 462 g/mol. The molecule has 0 bridgehead atoms. The van der Waals surface area contributed by atoms with Gasteiger partial charge in [-0.1, -0.05) is 18.2 Å². The lowest BCUT2D eigenvalue weighted by Crippen LogP contribution is -2.46. The molecule has 2 aliphatic heterocycles. The summed E-state index contributed by atoms with van der Waals surface area (Å²) in [5.74, 6) is 0.396. The van der Waals surface area contributed by atoms with Crippen LogP contribution in [0.1, 0.15) is 25.0 Å². The Labute approximate surface area is 177 Å². The van der Waals surface area contributed by atoms with Gasteiger partial charge in [-0.2, -0.15) is 0 Å². The number of aliphatic hydroxyl groups excluding tert-OH is 1. The van der Waals surface area contributed by atoms with Crippen molar-refractivity contribution in [3.05, 3.63) is 35.6 Å². The number of rotatable bonds is 5. The summed E-state index contributed by atoms with van der Waals surface area (Å²) in [6.45, 7) is 8.36. The number of halogens is 2. The van der Waals surface area contributed by atoms with E-state index in [0.717, 1.165) is 58.3 Å². The average molecular weight is 492 g/mol. The van der Waals surface area contributed by atoms with Crippen molar-refractivity contribution in [1.29, 1.82) is 0 Å². The molecule has 2 heterocycles. The Bertz CT molecular complexity index is 613. The third-order valence-corrected chi connectivity index (χ3v) is 5.04. The molecule has 152 valence electrons. The molecule has 2 fully saturated rings. The van der Waals surface area contributed by atoms with E-state index in [1.54, 1.807) is 18.2 Å². The van der Waals surface area contributed by atoms with Gasteiger partial charge in [-0.15, -0.1) is 24.0 Å². The van der Waals surface area contributed by atoms with Crippen LogP contribution in [0.5, 0.6) is 0 Å². The zero-order valence-corrected chi connectivity index (χ0v) is 18.1. The van der Waals surface area contributed by atoms with Gasteiger partial charge in [-0.25, -0.2) is 4.39 Å². The molecule has 0 spiro atoms. The maximum Gasteiger partial charge on any atom is 0.194 e. The highest BCUT2D eigenvalue weighted by Crippen LogP contribution is 2.19. The summed E-state index contributed by atoms with van der Waals surface area (Å²) in [6.07, 6.45) is 0.155. The second-order valence-electron chi connectivity index (χ2n) is 6.77. The van der Waals surface area contributed by atoms with Crippen LogP contribution >= 0.6 is 24.0 Å². The molecule has 1 aromatic carbocycles. The number of ether oxygens (including phenoxy) is 1. The molecule has 6 nitrogen and oxygen atoms in total. The molecule has 1 aromatic rings. The maximum absolute atomic E-state index is 13.8. The lowest BCUT2D eigenvalue weighted by molar-refractivity contribution is 0.0194. The second kappa shape index (κ2) is 11.1. The first-order valence-electron chi connectivity index (χ1n) is 9.46. The SMILES string of the molecule is CCNC(=NCC(O)c1ccccc1F)N1CCC(N2CCOCC2)C1.I. The summed E-state index contributed by atoms with van der Waals surface area (Å²) in [5, 5.41) is 13.6. The average Bonchev–Trinajstić information content (AvgIpc) is 3.16. The molecule has 2 N–H and O–H groups in total. The summed E-state index contributed by atoms with van der Waals surface area (Å²) in [5.41, 5.74) is 0.291. The monoisotopic (exact) mass is 492 g/mol. The molecular formula is C19H30FIN4O2. The number of hydrogen-bond acceptors (Lipinski definition) is 4. The summed E-state index contributed by atoms with van der Waals surface area (Å²) in [6, 6.07) is 6.83. The number of likely N-dealkylation sites (tertiary alicyclic amines) is 1. The van der Waals surface area contributed by atoms with Crippen LogP contribution in [0, 0.1) is 5.82 Å². The van der Waals surface area contributed by atoms with Gasteiger partial charge in [0.1, 0.15) is 11.9 Å². The summed E-state index contributed by atoms with van der Waals surface area (Å²) in [7, 11) is 0. The molecule has 8 heteroatoms. The lowest BCUT2D eigenvalue weighted by Gasteiger charge is -2.32. The molecule has 27 heavy (non-hydrogen) atoms.